The van der Waals surface area contributed by atoms with Crippen LogP contribution in [-0.2, 0) is 0 Å². The van der Waals surface area contributed by atoms with Crippen LogP contribution in [0.15, 0.2) is 60.7 Å². The fraction of sp³-hybridized carbons (Fsp3) is 0.0667. The Hall–Kier alpha value is -1.64. The largest absolute Gasteiger partial charge is 0.290 e. The Bertz CT molecular complexity index is 539. The van der Waals surface area contributed by atoms with Gasteiger partial charge in [-0.2, -0.15) is 0 Å². The van der Waals surface area contributed by atoms with Gasteiger partial charge in [-0.15, -0.1) is 0 Å². The second-order valence-corrected chi connectivity index (χ2v) is 5.29. The Morgan fingerprint density at radius 2 is 1.00 bits per heavy atom. The predicted octanol–water partition coefficient (Wildman–Crippen LogP) is 3.93. The fourth-order valence-corrected chi connectivity index (χ4v) is 2.08. The van der Waals surface area contributed by atoms with E-state index in [1.807, 2.05) is 0 Å². The van der Waals surface area contributed by atoms with Crippen LogP contribution in [0.5, 0.6) is 0 Å². The number of carbonyl (C=O) groups excluding carboxylic acids is 2. The molecule has 0 spiro atoms. The van der Waals surface area contributed by atoms with Gasteiger partial charge in [0, 0.05) is 11.1 Å². The summed E-state index contributed by atoms with van der Waals surface area (Å²) >= 11 is 11.9. The lowest BCUT2D eigenvalue weighted by atomic mass is 10.0. The highest BCUT2D eigenvalue weighted by Crippen LogP contribution is 2.30. The molecule has 2 rings (SSSR count). The molecule has 0 aliphatic rings. The topological polar surface area (TPSA) is 34.1 Å². The van der Waals surface area contributed by atoms with Gasteiger partial charge in [0.15, 0.2) is 0 Å². The second kappa shape index (κ2) is 5.55. The van der Waals surface area contributed by atoms with Crippen LogP contribution in [-0.4, -0.2) is 15.9 Å². The van der Waals surface area contributed by atoms with E-state index in [4.69, 9.17) is 23.2 Å². The number of benzene rings is 2. The lowest BCUT2D eigenvalue weighted by Gasteiger charge is -2.16. The summed E-state index contributed by atoms with van der Waals surface area (Å²) in [5.41, 5.74) is 0.605. The number of Topliss-reactive ketones (excluding diaryl/α,β-unsaturated/α-hetero) is 2. The first-order valence-corrected chi connectivity index (χ1v) is 6.36. The number of carbonyl (C=O) groups is 2. The Balaban J connectivity index is 2.33. The van der Waals surface area contributed by atoms with Gasteiger partial charge in [-0.05, 0) is 0 Å². The molecule has 0 radical (unpaired) electrons. The summed E-state index contributed by atoms with van der Waals surface area (Å²) in [4.78, 5) is 24.4. The van der Waals surface area contributed by atoms with E-state index in [2.05, 4.69) is 0 Å². The number of alkyl halides is 2. The van der Waals surface area contributed by atoms with Crippen molar-refractivity contribution < 1.29 is 9.59 Å². The van der Waals surface area contributed by atoms with Crippen molar-refractivity contribution in [2.24, 2.45) is 0 Å². The van der Waals surface area contributed by atoms with E-state index in [9.17, 15) is 9.59 Å². The Morgan fingerprint density at radius 3 is 1.32 bits per heavy atom. The van der Waals surface area contributed by atoms with Crippen molar-refractivity contribution in [1.29, 1.82) is 0 Å². The Kier molecular flexibility index (Phi) is 4.03. The molecule has 2 nitrogen and oxygen atoms in total. The normalized spacial score (nSPS) is 11.1. The van der Waals surface area contributed by atoms with Gasteiger partial charge in [0.2, 0.25) is 15.9 Å². The predicted molar refractivity (Wildman–Crippen MR) is 76.0 cm³/mol. The third-order valence-corrected chi connectivity index (χ3v) is 3.33. The van der Waals surface area contributed by atoms with Gasteiger partial charge in [-0.3, -0.25) is 9.59 Å². The van der Waals surface area contributed by atoms with E-state index in [0.29, 0.717) is 11.1 Å². The van der Waals surface area contributed by atoms with Crippen LogP contribution in [0.1, 0.15) is 20.7 Å². The number of ketones is 2. The highest BCUT2D eigenvalue weighted by Gasteiger charge is 2.42. The molecule has 0 aliphatic heterocycles. The lowest BCUT2D eigenvalue weighted by molar-refractivity contribution is 0.0879. The van der Waals surface area contributed by atoms with Gasteiger partial charge in [-0.25, -0.2) is 0 Å². The highest BCUT2D eigenvalue weighted by atomic mass is 35.5. The molecule has 0 unspecified atom stereocenters. The van der Waals surface area contributed by atoms with Crippen LogP contribution in [0.2, 0.25) is 0 Å². The molecule has 4 heteroatoms. The van der Waals surface area contributed by atoms with E-state index < -0.39 is 15.9 Å². The third kappa shape index (κ3) is 2.86. The van der Waals surface area contributed by atoms with Crippen molar-refractivity contribution in [3.05, 3.63) is 71.8 Å². The highest BCUT2D eigenvalue weighted by molar-refractivity contribution is 6.70. The summed E-state index contributed by atoms with van der Waals surface area (Å²) in [5.74, 6) is -1.24. The Labute approximate surface area is 121 Å². The molecule has 96 valence electrons. The summed E-state index contributed by atoms with van der Waals surface area (Å²) in [6, 6.07) is 16.5. The van der Waals surface area contributed by atoms with Crippen molar-refractivity contribution in [1.82, 2.24) is 0 Å². The summed E-state index contributed by atoms with van der Waals surface area (Å²) in [6.07, 6.45) is 0. The smallest absolute Gasteiger partial charge is 0.242 e. The van der Waals surface area contributed by atoms with Crippen LogP contribution in [0.25, 0.3) is 0 Å². The first-order chi connectivity index (χ1) is 9.03. The summed E-state index contributed by atoms with van der Waals surface area (Å²) in [5, 5.41) is 0. The minimum Gasteiger partial charge on any atom is -0.290 e. The molecule has 0 saturated carbocycles. The number of hydrogen-bond acceptors (Lipinski definition) is 2. The van der Waals surface area contributed by atoms with Crippen LogP contribution in [0, 0.1) is 0 Å². The zero-order valence-electron chi connectivity index (χ0n) is 9.85. The maximum Gasteiger partial charge on any atom is 0.242 e. The van der Waals surface area contributed by atoms with Crippen LogP contribution in [0.4, 0.5) is 0 Å². The van der Waals surface area contributed by atoms with E-state index in [1.54, 1.807) is 60.7 Å². The molecule has 0 fully saturated rings. The molecule has 0 aliphatic carbocycles. The Morgan fingerprint density at radius 1 is 0.684 bits per heavy atom. The van der Waals surface area contributed by atoms with Gasteiger partial charge in [0.05, 0.1) is 0 Å². The van der Waals surface area contributed by atoms with Gasteiger partial charge < -0.3 is 0 Å². The standard InChI is InChI=1S/C15H10Cl2O2/c16-15(17,13(18)11-7-3-1-4-8-11)14(19)12-9-5-2-6-10-12/h1-10H. The van der Waals surface area contributed by atoms with E-state index in [0.717, 1.165) is 0 Å². The molecule has 0 aromatic heterocycles. The van der Waals surface area contributed by atoms with Crippen molar-refractivity contribution in [2.45, 2.75) is 4.33 Å². The minimum atomic E-state index is -2.11. The van der Waals surface area contributed by atoms with Crippen molar-refractivity contribution in [2.75, 3.05) is 0 Å². The molecule has 0 amide bonds. The SMILES string of the molecule is O=C(c1ccccc1)C(Cl)(Cl)C(=O)c1ccccc1. The molecule has 0 N–H and O–H groups in total. The average molecular weight is 293 g/mol. The van der Waals surface area contributed by atoms with E-state index >= 15 is 0 Å². The summed E-state index contributed by atoms with van der Waals surface area (Å²) < 4.78 is -2.11. The molecule has 0 heterocycles. The van der Waals surface area contributed by atoms with E-state index in [1.165, 1.54) is 0 Å². The zero-order chi connectivity index (χ0) is 13.9. The van der Waals surface area contributed by atoms with Crippen molar-refractivity contribution >= 4 is 34.8 Å². The quantitative estimate of drug-likeness (QED) is 0.486. The van der Waals surface area contributed by atoms with Crippen LogP contribution >= 0.6 is 23.2 Å². The first-order valence-electron chi connectivity index (χ1n) is 5.61. The molecule has 2 aromatic rings. The molecule has 0 bridgehead atoms. The van der Waals surface area contributed by atoms with Gasteiger partial charge in [-0.1, -0.05) is 83.9 Å². The molecule has 19 heavy (non-hydrogen) atoms. The van der Waals surface area contributed by atoms with Crippen molar-refractivity contribution in [3.8, 4) is 0 Å². The number of halogens is 2. The average Bonchev–Trinajstić information content (AvgIpc) is 2.47. The first kappa shape index (κ1) is 13.8. The minimum absolute atomic E-state index is 0.303. The third-order valence-electron chi connectivity index (χ3n) is 2.64. The second-order valence-electron chi connectivity index (χ2n) is 3.96. The monoisotopic (exact) mass is 292 g/mol. The zero-order valence-corrected chi connectivity index (χ0v) is 11.4. The molecular weight excluding hydrogens is 283 g/mol. The van der Waals surface area contributed by atoms with Gasteiger partial charge >= 0.3 is 0 Å². The maximum absolute atomic E-state index is 12.2. The molecule has 2 aromatic carbocycles. The van der Waals surface area contributed by atoms with E-state index in [-0.39, 0.29) is 0 Å². The van der Waals surface area contributed by atoms with Crippen LogP contribution in [0.3, 0.4) is 0 Å². The molecule has 0 saturated heterocycles. The van der Waals surface area contributed by atoms with Crippen LogP contribution < -0.4 is 0 Å². The van der Waals surface area contributed by atoms with Gasteiger partial charge in [0.25, 0.3) is 0 Å². The van der Waals surface area contributed by atoms with Crippen molar-refractivity contribution in [3.63, 3.8) is 0 Å². The molecular formula is C15H10Cl2O2. The fourth-order valence-electron chi connectivity index (χ4n) is 1.64. The summed E-state index contributed by atoms with van der Waals surface area (Å²) in [7, 11) is 0. The number of hydrogen-bond donors (Lipinski definition) is 0. The number of rotatable bonds is 4. The summed E-state index contributed by atoms with van der Waals surface area (Å²) in [6.45, 7) is 0. The molecule has 0 atom stereocenters. The lowest BCUT2D eigenvalue weighted by Crippen LogP contribution is -2.35. The van der Waals surface area contributed by atoms with Gasteiger partial charge in [0.1, 0.15) is 0 Å². The maximum atomic E-state index is 12.2.